The molecule has 2 atom stereocenters. The highest BCUT2D eigenvalue weighted by Crippen LogP contribution is 2.74. The van der Waals surface area contributed by atoms with Crippen LogP contribution in [0.1, 0.15) is 39.5 Å². The summed E-state index contributed by atoms with van der Waals surface area (Å²) in [6.45, 7) is 4.15. The second kappa shape index (κ2) is 3.70. The maximum absolute atomic E-state index is 11.5. The zero-order valence-electron chi connectivity index (χ0n) is 10.2. The summed E-state index contributed by atoms with van der Waals surface area (Å²) in [6.07, 6.45) is 2.84. The van der Waals surface area contributed by atoms with Crippen LogP contribution in [0.15, 0.2) is 0 Å². The molecule has 0 amide bonds. The standard InChI is InChI=1S/C12H21NO3/c1-4-8(2)13-9(14)11-5-12(6-11,7-11)10(15)16-3/h8-9,13-14H,4-7H2,1-3H3/t8-,9?,11?,12?/m1/s1. The quantitative estimate of drug-likeness (QED) is 0.544. The first-order valence-electron chi connectivity index (χ1n) is 6.00. The Morgan fingerprint density at radius 2 is 2.06 bits per heavy atom. The molecule has 0 aromatic carbocycles. The fourth-order valence-electron chi connectivity index (χ4n) is 3.15. The van der Waals surface area contributed by atoms with Gasteiger partial charge in [0.25, 0.3) is 0 Å². The van der Waals surface area contributed by atoms with Gasteiger partial charge < -0.3 is 9.84 Å². The molecular formula is C12H21NO3. The van der Waals surface area contributed by atoms with E-state index in [-0.39, 0.29) is 16.8 Å². The molecule has 3 saturated carbocycles. The van der Waals surface area contributed by atoms with Crippen molar-refractivity contribution in [3.05, 3.63) is 0 Å². The lowest BCUT2D eigenvalue weighted by molar-refractivity contribution is -0.264. The summed E-state index contributed by atoms with van der Waals surface area (Å²) in [5, 5.41) is 13.3. The molecule has 4 heteroatoms. The summed E-state index contributed by atoms with van der Waals surface area (Å²) in [4.78, 5) is 11.5. The van der Waals surface area contributed by atoms with E-state index in [1.807, 2.05) is 0 Å². The number of ether oxygens (including phenoxy) is 1. The van der Waals surface area contributed by atoms with Crippen LogP contribution in [-0.2, 0) is 9.53 Å². The van der Waals surface area contributed by atoms with Gasteiger partial charge in [0.15, 0.2) is 0 Å². The highest BCUT2D eigenvalue weighted by Gasteiger charge is 2.74. The Hall–Kier alpha value is -0.610. The number of carbonyl (C=O) groups excluding carboxylic acids is 1. The van der Waals surface area contributed by atoms with Crippen molar-refractivity contribution in [2.75, 3.05) is 7.11 Å². The summed E-state index contributed by atoms with van der Waals surface area (Å²) in [5.74, 6) is -0.106. The van der Waals surface area contributed by atoms with Crippen LogP contribution >= 0.6 is 0 Å². The average molecular weight is 227 g/mol. The number of methoxy groups -OCH3 is 1. The van der Waals surface area contributed by atoms with Crippen molar-refractivity contribution in [1.82, 2.24) is 5.32 Å². The molecule has 2 N–H and O–H groups in total. The molecule has 3 rings (SSSR count). The third-order valence-electron chi connectivity index (χ3n) is 4.32. The number of carbonyl (C=O) groups is 1. The Bertz CT molecular complexity index is 283. The molecule has 0 aromatic heterocycles. The van der Waals surface area contributed by atoms with Gasteiger partial charge in [0.2, 0.25) is 0 Å². The lowest BCUT2D eigenvalue weighted by atomic mass is 9.34. The lowest BCUT2D eigenvalue weighted by Crippen LogP contribution is -2.72. The first kappa shape index (κ1) is 11.9. The van der Waals surface area contributed by atoms with Crippen LogP contribution in [0.2, 0.25) is 0 Å². The number of aliphatic hydroxyl groups excluding tert-OH is 1. The van der Waals surface area contributed by atoms with Crippen LogP contribution in [-0.4, -0.2) is 30.5 Å². The van der Waals surface area contributed by atoms with Crippen molar-refractivity contribution >= 4 is 5.97 Å². The fourth-order valence-corrected chi connectivity index (χ4v) is 3.15. The van der Waals surface area contributed by atoms with Gasteiger partial charge >= 0.3 is 5.97 Å². The maximum Gasteiger partial charge on any atom is 0.311 e. The second-order valence-corrected chi connectivity index (χ2v) is 5.54. The first-order chi connectivity index (χ1) is 7.48. The van der Waals surface area contributed by atoms with Gasteiger partial charge in [-0.3, -0.25) is 10.1 Å². The normalized spacial score (nSPS) is 39.2. The molecule has 1 unspecified atom stereocenters. The molecule has 4 nitrogen and oxygen atoms in total. The number of aliphatic hydroxyl groups is 1. The van der Waals surface area contributed by atoms with Crippen LogP contribution in [0, 0.1) is 10.8 Å². The molecule has 3 aliphatic carbocycles. The monoisotopic (exact) mass is 227 g/mol. The smallest absolute Gasteiger partial charge is 0.311 e. The van der Waals surface area contributed by atoms with Gasteiger partial charge in [-0.2, -0.15) is 0 Å². The highest BCUT2D eigenvalue weighted by molar-refractivity contribution is 5.81. The van der Waals surface area contributed by atoms with Gasteiger partial charge in [-0.1, -0.05) is 6.92 Å². The second-order valence-electron chi connectivity index (χ2n) is 5.54. The van der Waals surface area contributed by atoms with Crippen LogP contribution in [0.25, 0.3) is 0 Å². The predicted octanol–water partition coefficient (Wildman–Crippen LogP) is 1.04. The third kappa shape index (κ3) is 1.47. The van der Waals surface area contributed by atoms with Gasteiger partial charge in [0, 0.05) is 11.5 Å². The Kier molecular flexibility index (Phi) is 2.75. The Labute approximate surface area is 96.4 Å². The number of rotatable bonds is 5. The third-order valence-corrected chi connectivity index (χ3v) is 4.32. The first-order valence-corrected chi connectivity index (χ1v) is 6.00. The van der Waals surface area contributed by atoms with E-state index in [1.54, 1.807) is 0 Å². The molecule has 3 fully saturated rings. The Balaban J connectivity index is 1.86. The van der Waals surface area contributed by atoms with Crippen LogP contribution < -0.4 is 5.32 Å². The Morgan fingerprint density at radius 3 is 2.50 bits per heavy atom. The topological polar surface area (TPSA) is 58.6 Å². The Morgan fingerprint density at radius 1 is 1.50 bits per heavy atom. The molecule has 2 bridgehead atoms. The van der Waals surface area contributed by atoms with Crippen molar-refractivity contribution in [3.8, 4) is 0 Å². The van der Waals surface area contributed by atoms with Crippen molar-refractivity contribution in [1.29, 1.82) is 0 Å². The summed E-state index contributed by atoms with van der Waals surface area (Å²) in [7, 11) is 1.43. The maximum atomic E-state index is 11.5. The molecular weight excluding hydrogens is 206 g/mol. The van der Waals surface area contributed by atoms with E-state index in [9.17, 15) is 9.90 Å². The van der Waals surface area contributed by atoms with E-state index < -0.39 is 6.23 Å². The summed E-state index contributed by atoms with van der Waals surface area (Å²) in [6, 6.07) is 0.318. The zero-order valence-corrected chi connectivity index (χ0v) is 10.2. The molecule has 0 heterocycles. The van der Waals surface area contributed by atoms with Crippen molar-refractivity contribution in [3.63, 3.8) is 0 Å². The SMILES string of the molecule is CC[C@@H](C)NC(O)C12CC(C(=O)OC)(C1)C2. The number of hydrogen-bond acceptors (Lipinski definition) is 4. The van der Waals surface area contributed by atoms with E-state index >= 15 is 0 Å². The minimum Gasteiger partial charge on any atom is -0.469 e. The van der Waals surface area contributed by atoms with Crippen molar-refractivity contribution in [2.45, 2.75) is 51.8 Å². The van der Waals surface area contributed by atoms with Gasteiger partial charge in [-0.05, 0) is 32.6 Å². The van der Waals surface area contributed by atoms with Crippen LogP contribution in [0.3, 0.4) is 0 Å². The molecule has 0 aromatic rings. The highest BCUT2D eigenvalue weighted by atomic mass is 16.5. The molecule has 0 aliphatic heterocycles. The molecule has 3 aliphatic rings. The number of nitrogens with one attached hydrogen (secondary N) is 1. The molecule has 0 spiro atoms. The van der Waals surface area contributed by atoms with Gasteiger partial charge in [0.1, 0.15) is 6.23 Å². The molecule has 16 heavy (non-hydrogen) atoms. The van der Waals surface area contributed by atoms with Gasteiger partial charge in [-0.15, -0.1) is 0 Å². The summed E-state index contributed by atoms with van der Waals surface area (Å²) < 4.78 is 4.78. The molecule has 92 valence electrons. The minimum atomic E-state index is -0.478. The summed E-state index contributed by atoms with van der Waals surface area (Å²) >= 11 is 0. The summed E-state index contributed by atoms with van der Waals surface area (Å²) in [5.41, 5.74) is -0.315. The minimum absolute atomic E-state index is 0.0579. The van der Waals surface area contributed by atoms with E-state index in [2.05, 4.69) is 19.2 Å². The van der Waals surface area contributed by atoms with E-state index in [0.717, 1.165) is 25.7 Å². The predicted molar refractivity (Wildman–Crippen MR) is 59.6 cm³/mol. The molecule has 0 saturated heterocycles. The van der Waals surface area contributed by atoms with E-state index in [0.29, 0.717) is 6.04 Å². The zero-order chi connectivity index (χ0) is 12.0. The van der Waals surface area contributed by atoms with Crippen LogP contribution in [0.5, 0.6) is 0 Å². The van der Waals surface area contributed by atoms with Crippen molar-refractivity contribution < 1.29 is 14.6 Å². The lowest BCUT2D eigenvalue weighted by Gasteiger charge is -2.70. The van der Waals surface area contributed by atoms with Gasteiger partial charge in [-0.25, -0.2) is 0 Å². The number of esters is 1. The molecule has 0 radical (unpaired) electrons. The van der Waals surface area contributed by atoms with Gasteiger partial charge in [0.05, 0.1) is 12.5 Å². The fraction of sp³-hybridized carbons (Fsp3) is 0.917. The number of hydrogen-bond donors (Lipinski definition) is 2. The largest absolute Gasteiger partial charge is 0.469 e. The van der Waals surface area contributed by atoms with Crippen LogP contribution in [0.4, 0.5) is 0 Å². The van der Waals surface area contributed by atoms with Crippen molar-refractivity contribution in [2.24, 2.45) is 10.8 Å². The van der Waals surface area contributed by atoms with E-state index in [4.69, 9.17) is 4.74 Å². The average Bonchev–Trinajstić information content (AvgIpc) is 2.12. The van der Waals surface area contributed by atoms with E-state index in [1.165, 1.54) is 7.11 Å².